The number of esters is 1. The molecule has 3 rings (SSSR count). The Morgan fingerprint density at radius 1 is 1.23 bits per heavy atom. The topological polar surface area (TPSA) is 55.8 Å². The largest absolute Gasteiger partial charge is 0.466 e. The zero-order valence-corrected chi connectivity index (χ0v) is 13.5. The molecule has 5 nitrogen and oxygen atoms in total. The molecule has 0 radical (unpaired) electrons. The first-order chi connectivity index (χ1) is 10.6. The molecule has 0 aromatic carbocycles. The van der Waals surface area contributed by atoms with E-state index in [0.717, 1.165) is 32.1 Å². The summed E-state index contributed by atoms with van der Waals surface area (Å²) in [6.07, 6.45) is 6.44. The molecule has 1 saturated carbocycles. The summed E-state index contributed by atoms with van der Waals surface area (Å²) in [5, 5.41) is 0. The fraction of sp³-hybridized carbons (Fsp3) is 0.882. The van der Waals surface area contributed by atoms with Gasteiger partial charge in [0.15, 0.2) is 0 Å². The van der Waals surface area contributed by atoms with Crippen molar-refractivity contribution >= 4 is 11.9 Å². The van der Waals surface area contributed by atoms with Crippen molar-refractivity contribution < 1.29 is 19.1 Å². The molecule has 1 amide bonds. The van der Waals surface area contributed by atoms with Crippen LogP contribution in [0.5, 0.6) is 0 Å². The van der Waals surface area contributed by atoms with Crippen molar-refractivity contribution in [2.75, 3.05) is 26.3 Å². The maximum Gasteiger partial charge on any atom is 0.312 e. The fourth-order valence-electron chi connectivity index (χ4n) is 3.78. The Balaban J connectivity index is 1.61. The van der Waals surface area contributed by atoms with Crippen molar-refractivity contribution in [3.05, 3.63) is 0 Å². The number of ether oxygens (including phenoxy) is 2. The molecule has 0 N–H and O–H groups in total. The molecule has 1 atom stereocenters. The lowest BCUT2D eigenvalue weighted by atomic mass is 9.74. The fourth-order valence-corrected chi connectivity index (χ4v) is 3.78. The van der Waals surface area contributed by atoms with Crippen LogP contribution in [-0.4, -0.2) is 49.2 Å². The third-order valence-electron chi connectivity index (χ3n) is 5.32. The molecule has 1 aliphatic carbocycles. The zero-order valence-electron chi connectivity index (χ0n) is 13.5. The molecule has 3 aliphatic rings. The lowest BCUT2D eigenvalue weighted by Gasteiger charge is -2.40. The van der Waals surface area contributed by atoms with Gasteiger partial charge in [-0.15, -0.1) is 0 Å². The van der Waals surface area contributed by atoms with Crippen molar-refractivity contribution in [1.82, 2.24) is 4.90 Å². The highest BCUT2D eigenvalue weighted by atomic mass is 16.5. The van der Waals surface area contributed by atoms with Crippen LogP contribution in [0.25, 0.3) is 0 Å². The standard InChI is InChI=1S/C17H27NO4/c1-2-21-16(20)17(12-13-5-6-13)7-9-18(10-8-17)15(19)14-4-3-11-22-14/h13-14H,2-12H2,1H3. The number of carbonyl (C=O) groups is 2. The van der Waals surface area contributed by atoms with Gasteiger partial charge in [0.25, 0.3) is 5.91 Å². The van der Waals surface area contributed by atoms with Crippen LogP contribution < -0.4 is 0 Å². The Kier molecular flexibility index (Phi) is 4.71. The lowest BCUT2D eigenvalue weighted by Crippen LogP contribution is -2.49. The van der Waals surface area contributed by atoms with Gasteiger partial charge in [-0.25, -0.2) is 0 Å². The molecule has 3 fully saturated rings. The maximum atomic E-state index is 12.5. The van der Waals surface area contributed by atoms with Crippen molar-refractivity contribution in [3.8, 4) is 0 Å². The predicted molar refractivity (Wildman–Crippen MR) is 81.2 cm³/mol. The third kappa shape index (κ3) is 3.29. The number of amides is 1. The second kappa shape index (κ2) is 6.57. The molecule has 1 unspecified atom stereocenters. The molecule has 0 aromatic rings. The number of nitrogens with zero attached hydrogens (tertiary/aromatic N) is 1. The van der Waals surface area contributed by atoms with Crippen LogP contribution >= 0.6 is 0 Å². The van der Waals surface area contributed by atoms with Gasteiger partial charge >= 0.3 is 5.97 Å². The Labute approximate surface area is 132 Å². The minimum absolute atomic E-state index is 0.0499. The van der Waals surface area contributed by atoms with Crippen LogP contribution in [0, 0.1) is 11.3 Å². The highest BCUT2D eigenvalue weighted by Crippen LogP contribution is 2.46. The van der Waals surface area contributed by atoms with Gasteiger partial charge in [0, 0.05) is 19.7 Å². The summed E-state index contributed by atoms with van der Waals surface area (Å²) in [7, 11) is 0. The number of hydrogen-bond acceptors (Lipinski definition) is 4. The zero-order chi connectivity index (χ0) is 15.6. The maximum absolute atomic E-state index is 12.5. The Bertz CT molecular complexity index is 418. The summed E-state index contributed by atoms with van der Waals surface area (Å²) in [5.41, 5.74) is -0.357. The van der Waals surface area contributed by atoms with Crippen LogP contribution in [0.2, 0.25) is 0 Å². The van der Waals surface area contributed by atoms with Crippen LogP contribution in [0.3, 0.4) is 0 Å². The van der Waals surface area contributed by atoms with Gasteiger partial charge < -0.3 is 14.4 Å². The Hall–Kier alpha value is -1.10. The molecular weight excluding hydrogens is 282 g/mol. The summed E-state index contributed by atoms with van der Waals surface area (Å²) >= 11 is 0. The van der Waals surface area contributed by atoms with Crippen LogP contribution in [0.15, 0.2) is 0 Å². The second-order valence-electron chi connectivity index (χ2n) is 6.98. The molecular formula is C17H27NO4. The molecule has 2 heterocycles. The summed E-state index contributed by atoms with van der Waals surface area (Å²) in [6.45, 7) is 4.30. The molecule has 0 bridgehead atoms. The number of hydrogen-bond donors (Lipinski definition) is 0. The molecule has 0 aromatic heterocycles. The Morgan fingerprint density at radius 2 is 1.95 bits per heavy atom. The average molecular weight is 309 g/mol. The van der Waals surface area contributed by atoms with Crippen LogP contribution in [0.4, 0.5) is 0 Å². The van der Waals surface area contributed by atoms with Gasteiger partial charge in [-0.3, -0.25) is 9.59 Å². The second-order valence-corrected chi connectivity index (χ2v) is 6.98. The molecule has 124 valence electrons. The van der Waals surface area contributed by atoms with E-state index >= 15 is 0 Å². The van der Waals surface area contributed by atoms with E-state index in [2.05, 4.69) is 0 Å². The minimum Gasteiger partial charge on any atom is -0.466 e. The Morgan fingerprint density at radius 3 is 2.50 bits per heavy atom. The van der Waals surface area contributed by atoms with E-state index in [4.69, 9.17) is 9.47 Å². The van der Waals surface area contributed by atoms with Gasteiger partial charge in [-0.05, 0) is 44.9 Å². The summed E-state index contributed by atoms with van der Waals surface area (Å²) < 4.78 is 10.8. The third-order valence-corrected chi connectivity index (χ3v) is 5.32. The predicted octanol–water partition coefficient (Wildman–Crippen LogP) is 2.14. The van der Waals surface area contributed by atoms with E-state index in [1.165, 1.54) is 12.8 Å². The number of likely N-dealkylation sites (tertiary alicyclic amines) is 1. The molecule has 22 heavy (non-hydrogen) atoms. The van der Waals surface area contributed by atoms with Gasteiger partial charge in [0.1, 0.15) is 6.10 Å². The smallest absolute Gasteiger partial charge is 0.312 e. The lowest BCUT2D eigenvalue weighted by molar-refractivity contribution is -0.162. The summed E-state index contributed by atoms with van der Waals surface area (Å²) in [5.74, 6) is 0.748. The van der Waals surface area contributed by atoms with E-state index < -0.39 is 0 Å². The minimum atomic E-state index is -0.357. The first-order valence-corrected chi connectivity index (χ1v) is 8.72. The van der Waals surface area contributed by atoms with Crippen LogP contribution in [-0.2, 0) is 19.1 Å². The van der Waals surface area contributed by atoms with E-state index in [9.17, 15) is 9.59 Å². The van der Waals surface area contributed by atoms with Crippen LogP contribution in [0.1, 0.15) is 51.9 Å². The summed E-state index contributed by atoms with van der Waals surface area (Å²) in [6, 6.07) is 0. The molecule has 5 heteroatoms. The average Bonchev–Trinajstić information content (AvgIpc) is 3.17. The first kappa shape index (κ1) is 15.8. The highest BCUT2D eigenvalue weighted by molar-refractivity contribution is 5.82. The van der Waals surface area contributed by atoms with Gasteiger partial charge in [-0.1, -0.05) is 12.8 Å². The van der Waals surface area contributed by atoms with Gasteiger partial charge in [-0.2, -0.15) is 0 Å². The highest BCUT2D eigenvalue weighted by Gasteiger charge is 2.47. The number of carbonyl (C=O) groups excluding carboxylic acids is 2. The number of piperidine rings is 1. The van der Waals surface area contributed by atoms with Gasteiger partial charge in [0.05, 0.1) is 12.0 Å². The molecule has 2 aliphatic heterocycles. The normalized spacial score (nSPS) is 27.7. The quantitative estimate of drug-likeness (QED) is 0.730. The number of rotatable bonds is 5. The van der Waals surface area contributed by atoms with E-state index in [1.54, 1.807) is 0 Å². The first-order valence-electron chi connectivity index (χ1n) is 8.72. The van der Waals surface area contributed by atoms with Crippen molar-refractivity contribution in [2.45, 2.75) is 58.0 Å². The molecule has 2 saturated heterocycles. The van der Waals surface area contributed by atoms with E-state index in [-0.39, 0.29) is 23.4 Å². The van der Waals surface area contributed by atoms with E-state index in [0.29, 0.717) is 32.2 Å². The van der Waals surface area contributed by atoms with Gasteiger partial charge in [0.2, 0.25) is 0 Å². The van der Waals surface area contributed by atoms with Crippen molar-refractivity contribution in [1.29, 1.82) is 0 Å². The SMILES string of the molecule is CCOC(=O)C1(CC2CC2)CCN(C(=O)C2CCCO2)CC1. The van der Waals surface area contributed by atoms with Crippen molar-refractivity contribution in [2.24, 2.45) is 11.3 Å². The summed E-state index contributed by atoms with van der Waals surface area (Å²) in [4.78, 5) is 26.8. The molecule has 0 spiro atoms. The van der Waals surface area contributed by atoms with Crippen molar-refractivity contribution in [3.63, 3.8) is 0 Å². The van der Waals surface area contributed by atoms with E-state index in [1.807, 2.05) is 11.8 Å². The monoisotopic (exact) mass is 309 g/mol.